The van der Waals surface area contributed by atoms with Crippen LogP contribution in [0.15, 0.2) is 48.5 Å². The Kier molecular flexibility index (Phi) is 17.4. The molecular formula is C35H18F34N2O5. The second kappa shape index (κ2) is 19.9. The van der Waals surface area contributed by atoms with Gasteiger partial charge in [0.1, 0.15) is 0 Å². The van der Waals surface area contributed by atoms with Gasteiger partial charge in [0, 0.05) is 11.4 Å². The van der Waals surface area contributed by atoms with E-state index in [1.54, 1.807) is 5.32 Å². The molecule has 0 saturated carbocycles. The lowest BCUT2D eigenvalue weighted by atomic mass is 9.88. The third kappa shape index (κ3) is 10.7. The molecule has 436 valence electrons. The molecule has 2 aromatic rings. The van der Waals surface area contributed by atoms with Crippen LogP contribution in [0.5, 0.6) is 0 Å². The number of carbonyl (C=O) groups is 3. The van der Waals surface area contributed by atoms with E-state index in [1.807, 2.05) is 5.32 Å². The summed E-state index contributed by atoms with van der Waals surface area (Å²) in [5.41, 5.74) is -4.52. The van der Waals surface area contributed by atoms with Gasteiger partial charge >= 0.3 is 113 Å². The van der Waals surface area contributed by atoms with E-state index in [0.717, 1.165) is 12.1 Å². The van der Waals surface area contributed by atoms with Crippen molar-refractivity contribution in [3.05, 3.63) is 59.7 Å². The Balaban J connectivity index is 2.51. The predicted molar refractivity (Wildman–Crippen MR) is 177 cm³/mol. The maximum atomic E-state index is 14.4. The first-order valence-corrected chi connectivity index (χ1v) is 18.4. The molecule has 2 rings (SSSR count). The van der Waals surface area contributed by atoms with E-state index in [0.29, 0.717) is 0 Å². The van der Waals surface area contributed by atoms with Crippen LogP contribution in [0.4, 0.5) is 165 Å². The summed E-state index contributed by atoms with van der Waals surface area (Å²) in [6.07, 6.45) is -23.0. The van der Waals surface area contributed by atoms with E-state index >= 15 is 0 Å². The molecule has 0 unspecified atom stereocenters. The zero-order chi connectivity index (χ0) is 60.4. The predicted octanol–water partition coefficient (Wildman–Crippen LogP) is 14.4. The van der Waals surface area contributed by atoms with Gasteiger partial charge in [0.05, 0.1) is 37.2 Å². The van der Waals surface area contributed by atoms with Crippen molar-refractivity contribution in [1.82, 2.24) is 0 Å². The molecule has 0 aromatic heterocycles. The van der Waals surface area contributed by atoms with E-state index in [2.05, 4.69) is 9.47 Å². The van der Waals surface area contributed by atoms with Crippen molar-refractivity contribution in [2.45, 2.75) is 108 Å². The van der Waals surface area contributed by atoms with Crippen LogP contribution in [0.25, 0.3) is 0 Å². The Morgan fingerprint density at radius 1 is 0.329 bits per heavy atom. The molecule has 7 nitrogen and oxygen atoms in total. The fraction of sp³-hybridized carbons (Fsp3) is 0.571. The van der Waals surface area contributed by atoms with Gasteiger partial charge in [-0.15, -0.1) is 0 Å². The number of ether oxygens (including phenoxy) is 2. The number of nitrogens with one attached hydrogen (secondary N) is 2. The first-order chi connectivity index (χ1) is 33.3. The molecule has 0 radical (unpaired) electrons. The lowest BCUT2D eigenvalue weighted by molar-refractivity contribution is -0.461. The molecule has 0 aliphatic carbocycles. The van der Waals surface area contributed by atoms with Crippen LogP contribution in [0.2, 0.25) is 0 Å². The van der Waals surface area contributed by atoms with Gasteiger partial charge in [0.15, 0.2) is 0 Å². The number of halogens is 34. The molecule has 0 heterocycles. The van der Waals surface area contributed by atoms with Crippen molar-refractivity contribution < 1.29 is 173 Å². The minimum absolute atomic E-state index is 0.116. The molecule has 0 spiro atoms. The number of alkyl halides is 34. The lowest BCUT2D eigenvalue weighted by Gasteiger charge is -2.42. The highest BCUT2D eigenvalue weighted by molar-refractivity contribution is 6.03. The standard InChI is InChI=1S/C35H18F34N2O5/c36-20(37,22(40,41)24(44,45)26(48,49)28(52,53)30(56,57)32(60,61)34(64,65)66)6-8-75-17(72)13-10-14(12-16(11-13)71-19(74)70-15-4-2-1-3-5-15)18(73)76-9-7-21(38,39)23(42,43)25(46,47)27(50,51)29(54,55)31(58,59)33(62,63)35(67,68)69/h1-5,10-12H,6-9H2,(H2,70,71,74). The smallest absolute Gasteiger partial charge is 0.460 e. The fourth-order valence-electron chi connectivity index (χ4n) is 5.17. The lowest BCUT2D eigenvalue weighted by Crippen LogP contribution is -2.74. The number of hydrogen-bond acceptors (Lipinski definition) is 5. The molecule has 0 atom stereocenters. The molecule has 76 heavy (non-hydrogen) atoms. The van der Waals surface area contributed by atoms with E-state index in [-0.39, 0.29) is 23.9 Å². The third-order valence-electron chi connectivity index (χ3n) is 9.57. The average molecular weight is 1190 g/mol. The number of rotatable bonds is 22. The first kappa shape index (κ1) is 66.4. The van der Waals surface area contributed by atoms with Crippen LogP contribution in [-0.2, 0) is 9.47 Å². The summed E-state index contributed by atoms with van der Waals surface area (Å²) >= 11 is 0. The van der Waals surface area contributed by atoms with Crippen LogP contribution in [0.1, 0.15) is 33.6 Å². The van der Waals surface area contributed by atoms with Gasteiger partial charge in [-0.1, -0.05) is 18.2 Å². The number of amides is 2. The van der Waals surface area contributed by atoms with Crippen molar-refractivity contribution >= 4 is 29.3 Å². The SMILES string of the molecule is O=C(Nc1ccccc1)Nc1cc(C(=O)OCCC(F)(F)C(F)(F)C(F)(F)C(F)(F)C(F)(F)C(F)(F)C(F)(F)C(F)(F)F)cc(C(=O)OCCC(F)(F)C(F)(F)C(F)(F)C(F)(F)C(F)(F)C(F)(F)C(F)(F)C(F)(F)F)c1. The van der Waals surface area contributed by atoms with Crippen LogP contribution in [0.3, 0.4) is 0 Å². The summed E-state index contributed by atoms with van der Waals surface area (Å²) in [4.78, 5) is 37.8. The zero-order valence-electron chi connectivity index (χ0n) is 34.8. The largest absolute Gasteiger partial charge is 0.462 e. The van der Waals surface area contributed by atoms with E-state index in [9.17, 15) is 164 Å². The van der Waals surface area contributed by atoms with Crippen molar-refractivity contribution in [3.63, 3.8) is 0 Å². The molecular weight excluding hydrogens is 1170 g/mol. The van der Waals surface area contributed by atoms with Crippen LogP contribution >= 0.6 is 0 Å². The van der Waals surface area contributed by atoms with Gasteiger partial charge in [-0.2, -0.15) is 149 Å². The Morgan fingerprint density at radius 3 is 0.855 bits per heavy atom. The van der Waals surface area contributed by atoms with Crippen LogP contribution in [-0.4, -0.2) is 126 Å². The molecule has 0 fully saturated rings. The summed E-state index contributed by atoms with van der Waals surface area (Å²) in [7, 11) is 0. The van der Waals surface area contributed by atoms with Gasteiger partial charge in [-0.3, -0.25) is 0 Å². The summed E-state index contributed by atoms with van der Waals surface area (Å²) in [5.74, 6) is -124. The number of hydrogen-bond donors (Lipinski definition) is 2. The second-order valence-electron chi connectivity index (χ2n) is 14.8. The van der Waals surface area contributed by atoms with Gasteiger partial charge in [-0.05, 0) is 30.3 Å². The first-order valence-electron chi connectivity index (χ1n) is 18.4. The molecule has 0 bridgehead atoms. The Hall–Kier alpha value is -5.73. The number of esters is 2. The quantitative estimate of drug-likeness (QED) is 0.0905. The molecule has 2 aromatic carbocycles. The van der Waals surface area contributed by atoms with Crippen LogP contribution in [0, 0.1) is 0 Å². The number of carbonyl (C=O) groups excluding carboxylic acids is 3. The summed E-state index contributed by atoms with van der Waals surface area (Å²) < 4.78 is 470. The zero-order valence-corrected chi connectivity index (χ0v) is 34.8. The Morgan fingerprint density at radius 2 is 0.579 bits per heavy atom. The Labute approximate surface area is 394 Å². The average Bonchev–Trinajstić information content (AvgIpc) is 3.24. The minimum atomic E-state index is -9.03. The van der Waals surface area contributed by atoms with E-state index in [4.69, 9.17) is 0 Å². The molecule has 2 N–H and O–H groups in total. The van der Waals surface area contributed by atoms with Gasteiger partial charge in [0.25, 0.3) is 0 Å². The molecule has 2 amide bonds. The van der Waals surface area contributed by atoms with Crippen LogP contribution < -0.4 is 10.6 Å². The monoisotopic (exact) mass is 1190 g/mol. The molecule has 0 aliphatic heterocycles. The maximum Gasteiger partial charge on any atom is 0.460 e. The third-order valence-corrected chi connectivity index (χ3v) is 9.57. The summed E-state index contributed by atoms with van der Waals surface area (Å²) in [6.45, 7) is -5.37. The number of anilines is 2. The number of para-hydroxylation sites is 1. The highest BCUT2D eigenvalue weighted by Crippen LogP contribution is 2.66. The van der Waals surface area contributed by atoms with Gasteiger partial charge in [-0.25, -0.2) is 14.4 Å². The van der Waals surface area contributed by atoms with Gasteiger partial charge in [0.2, 0.25) is 0 Å². The second-order valence-corrected chi connectivity index (χ2v) is 14.8. The van der Waals surface area contributed by atoms with Crippen molar-refractivity contribution in [2.24, 2.45) is 0 Å². The van der Waals surface area contributed by atoms with Gasteiger partial charge < -0.3 is 20.1 Å². The molecule has 0 saturated heterocycles. The normalized spacial score (nSPS) is 15.1. The number of benzene rings is 2. The topological polar surface area (TPSA) is 93.7 Å². The Bertz CT molecular complexity index is 2280. The van der Waals surface area contributed by atoms with Crippen molar-refractivity contribution in [3.8, 4) is 0 Å². The summed E-state index contributed by atoms with van der Waals surface area (Å²) in [5, 5.41) is 3.62. The van der Waals surface area contributed by atoms with E-state index < -0.39 is 156 Å². The van der Waals surface area contributed by atoms with Crippen molar-refractivity contribution in [1.29, 1.82) is 0 Å². The van der Waals surface area contributed by atoms with E-state index in [1.165, 1.54) is 18.2 Å². The maximum absolute atomic E-state index is 14.4. The fourth-order valence-corrected chi connectivity index (χ4v) is 5.17. The minimum Gasteiger partial charge on any atom is -0.462 e. The highest BCUT2D eigenvalue weighted by atomic mass is 19.4. The summed E-state index contributed by atoms with van der Waals surface area (Å²) in [6, 6.07) is 4.49. The molecule has 41 heteroatoms. The molecule has 0 aliphatic rings. The highest BCUT2D eigenvalue weighted by Gasteiger charge is 2.97. The van der Waals surface area contributed by atoms with Crippen molar-refractivity contribution in [2.75, 3.05) is 23.8 Å². The number of urea groups is 1.